The lowest BCUT2D eigenvalue weighted by Gasteiger charge is -2.06. The van der Waals surface area contributed by atoms with Gasteiger partial charge in [0.05, 0.1) is 18.9 Å². The summed E-state index contributed by atoms with van der Waals surface area (Å²) in [5, 5.41) is 13.1. The van der Waals surface area contributed by atoms with E-state index in [0.29, 0.717) is 13.0 Å². The largest absolute Gasteiger partial charge is 0.497 e. The van der Waals surface area contributed by atoms with E-state index in [1.807, 2.05) is 38.2 Å². The summed E-state index contributed by atoms with van der Waals surface area (Å²) in [5.74, 6) is -1.32. The lowest BCUT2D eigenvalue weighted by atomic mass is 10.1. The minimum absolute atomic E-state index is 0.176. The number of carboxylic acid groups (broad SMARTS) is 1. The first kappa shape index (κ1) is 16.4. The molecule has 1 aromatic heterocycles. The Bertz CT molecular complexity index is 793. The molecule has 3 rings (SSSR count). The maximum absolute atomic E-state index is 12.2. The van der Waals surface area contributed by atoms with Gasteiger partial charge >= 0.3 is 5.97 Å². The van der Waals surface area contributed by atoms with Crippen LogP contribution in [0.15, 0.2) is 24.4 Å². The van der Waals surface area contributed by atoms with Gasteiger partial charge in [0.2, 0.25) is 5.91 Å². The van der Waals surface area contributed by atoms with E-state index < -0.39 is 23.2 Å². The molecule has 1 aromatic carbocycles. The highest BCUT2D eigenvalue weighted by atomic mass is 16.5. The molecule has 0 bridgehead atoms. The van der Waals surface area contributed by atoms with Crippen LogP contribution in [0.5, 0.6) is 5.75 Å². The molecule has 0 aliphatic heterocycles. The number of hydrogen-bond acceptors (Lipinski definition) is 3. The molecule has 6 nitrogen and oxygen atoms in total. The third-order valence-electron chi connectivity index (χ3n) is 5.04. The Labute approximate surface area is 140 Å². The minimum atomic E-state index is -0.899. The third-order valence-corrected chi connectivity index (χ3v) is 5.04. The fourth-order valence-electron chi connectivity index (χ4n) is 3.51. The molecule has 1 aliphatic rings. The molecule has 24 heavy (non-hydrogen) atoms. The Balaban J connectivity index is 1.61. The molecule has 2 aromatic rings. The number of hydrogen-bond donors (Lipinski definition) is 3. The zero-order chi connectivity index (χ0) is 17.5. The summed E-state index contributed by atoms with van der Waals surface area (Å²) in [6.45, 7) is 4.12. The van der Waals surface area contributed by atoms with Gasteiger partial charge in [0.25, 0.3) is 0 Å². The van der Waals surface area contributed by atoms with E-state index in [2.05, 4.69) is 10.3 Å². The average molecular weight is 330 g/mol. The number of fused-ring (bicyclic) bond motifs is 1. The van der Waals surface area contributed by atoms with E-state index >= 15 is 0 Å². The summed E-state index contributed by atoms with van der Waals surface area (Å²) >= 11 is 0. The van der Waals surface area contributed by atoms with E-state index in [-0.39, 0.29) is 5.91 Å². The first-order chi connectivity index (χ1) is 11.4. The molecule has 1 aliphatic carbocycles. The van der Waals surface area contributed by atoms with E-state index in [0.717, 1.165) is 22.2 Å². The number of aliphatic carboxylic acids is 1. The van der Waals surface area contributed by atoms with Crippen molar-refractivity contribution >= 4 is 22.8 Å². The Hall–Kier alpha value is -2.50. The van der Waals surface area contributed by atoms with E-state index in [1.54, 1.807) is 7.11 Å². The van der Waals surface area contributed by atoms with Crippen LogP contribution in [0.3, 0.4) is 0 Å². The zero-order valence-electron chi connectivity index (χ0n) is 14.1. The van der Waals surface area contributed by atoms with Crippen LogP contribution in [0.1, 0.15) is 19.4 Å². The maximum Gasteiger partial charge on any atom is 0.307 e. The number of amides is 1. The van der Waals surface area contributed by atoms with E-state index in [9.17, 15) is 9.59 Å². The number of carboxylic acids is 1. The summed E-state index contributed by atoms with van der Waals surface area (Å²) in [6, 6.07) is 5.82. The molecule has 0 spiro atoms. The van der Waals surface area contributed by atoms with Crippen LogP contribution in [-0.2, 0) is 16.0 Å². The third kappa shape index (κ3) is 2.72. The minimum Gasteiger partial charge on any atom is -0.497 e. The molecule has 6 heteroatoms. The SMILES string of the molecule is COc1ccc2[nH]cc(CCNC(=O)[C@@H]3[C@@H](C(=O)O)C3(C)C)c2c1. The molecule has 3 N–H and O–H groups in total. The van der Waals surface area contributed by atoms with Crippen molar-refractivity contribution in [1.82, 2.24) is 10.3 Å². The van der Waals surface area contributed by atoms with Gasteiger partial charge < -0.3 is 20.1 Å². The van der Waals surface area contributed by atoms with Gasteiger partial charge in [0.1, 0.15) is 5.75 Å². The zero-order valence-corrected chi connectivity index (χ0v) is 14.1. The second-order valence-corrected chi connectivity index (χ2v) is 6.88. The fourth-order valence-corrected chi connectivity index (χ4v) is 3.51. The number of ether oxygens (including phenoxy) is 1. The number of nitrogens with one attached hydrogen (secondary N) is 2. The highest BCUT2D eigenvalue weighted by Gasteiger charge is 2.65. The topological polar surface area (TPSA) is 91.4 Å². The Morgan fingerprint density at radius 2 is 2.08 bits per heavy atom. The summed E-state index contributed by atoms with van der Waals surface area (Å²) in [4.78, 5) is 26.6. The van der Waals surface area contributed by atoms with Crippen LogP contribution < -0.4 is 10.1 Å². The van der Waals surface area contributed by atoms with Gasteiger partial charge in [-0.25, -0.2) is 0 Å². The van der Waals surface area contributed by atoms with Crippen LogP contribution in [0.2, 0.25) is 0 Å². The molecule has 0 unspecified atom stereocenters. The lowest BCUT2D eigenvalue weighted by molar-refractivity contribution is -0.140. The van der Waals surface area contributed by atoms with Crippen LogP contribution in [0.25, 0.3) is 10.9 Å². The first-order valence-corrected chi connectivity index (χ1v) is 8.00. The molecule has 0 saturated heterocycles. The number of methoxy groups -OCH3 is 1. The van der Waals surface area contributed by atoms with Crippen molar-refractivity contribution in [3.05, 3.63) is 30.0 Å². The van der Waals surface area contributed by atoms with Crippen LogP contribution in [0, 0.1) is 17.3 Å². The summed E-state index contributed by atoms with van der Waals surface area (Å²) in [7, 11) is 1.63. The van der Waals surface area contributed by atoms with Crippen molar-refractivity contribution in [3.8, 4) is 5.75 Å². The number of carbonyl (C=O) groups excluding carboxylic acids is 1. The molecular weight excluding hydrogens is 308 g/mol. The summed E-state index contributed by atoms with van der Waals surface area (Å²) in [5.41, 5.74) is 1.64. The van der Waals surface area contributed by atoms with Crippen LogP contribution in [0.4, 0.5) is 0 Å². The van der Waals surface area contributed by atoms with Gasteiger partial charge in [0.15, 0.2) is 0 Å². The smallest absolute Gasteiger partial charge is 0.307 e. The van der Waals surface area contributed by atoms with Crippen LogP contribution >= 0.6 is 0 Å². The maximum atomic E-state index is 12.2. The number of carbonyl (C=O) groups is 2. The number of aromatic nitrogens is 1. The molecular formula is C18H22N2O4. The highest BCUT2D eigenvalue weighted by molar-refractivity contribution is 5.91. The van der Waals surface area contributed by atoms with Crippen LogP contribution in [-0.4, -0.2) is 35.6 Å². The number of H-pyrrole nitrogens is 1. The second-order valence-electron chi connectivity index (χ2n) is 6.88. The summed E-state index contributed by atoms with van der Waals surface area (Å²) < 4.78 is 5.25. The summed E-state index contributed by atoms with van der Waals surface area (Å²) in [6.07, 6.45) is 2.60. The van der Waals surface area contributed by atoms with Crippen molar-refractivity contribution < 1.29 is 19.4 Å². The molecule has 128 valence electrons. The predicted molar refractivity (Wildman–Crippen MR) is 90.0 cm³/mol. The van der Waals surface area contributed by atoms with Crippen molar-refractivity contribution in [2.24, 2.45) is 17.3 Å². The Morgan fingerprint density at radius 3 is 2.71 bits per heavy atom. The lowest BCUT2D eigenvalue weighted by Crippen LogP contribution is -2.29. The van der Waals surface area contributed by atoms with Crippen molar-refractivity contribution in [1.29, 1.82) is 0 Å². The van der Waals surface area contributed by atoms with E-state index in [1.165, 1.54) is 0 Å². The van der Waals surface area contributed by atoms with Gasteiger partial charge in [-0.15, -0.1) is 0 Å². The van der Waals surface area contributed by atoms with Gasteiger partial charge in [-0.05, 0) is 35.6 Å². The first-order valence-electron chi connectivity index (χ1n) is 8.00. The number of aromatic amines is 1. The van der Waals surface area contributed by atoms with E-state index in [4.69, 9.17) is 9.84 Å². The normalized spacial score (nSPS) is 21.5. The van der Waals surface area contributed by atoms with Gasteiger partial charge in [-0.2, -0.15) is 0 Å². The Morgan fingerprint density at radius 1 is 1.33 bits per heavy atom. The molecule has 1 heterocycles. The van der Waals surface area contributed by atoms with Gasteiger partial charge in [0, 0.05) is 23.6 Å². The highest BCUT2D eigenvalue weighted by Crippen LogP contribution is 2.58. The van der Waals surface area contributed by atoms with Crippen molar-refractivity contribution in [2.45, 2.75) is 20.3 Å². The Kier molecular flexibility index (Phi) is 3.99. The molecule has 1 saturated carbocycles. The quantitative estimate of drug-likeness (QED) is 0.757. The monoisotopic (exact) mass is 330 g/mol. The number of benzene rings is 1. The second kappa shape index (κ2) is 5.85. The standard InChI is InChI=1S/C18H22N2O4/c1-18(2)14(15(18)17(22)23)16(21)19-7-6-10-9-20-13-5-4-11(24-3)8-12(10)13/h4-5,8-9,14-15,20H,6-7H2,1-3H3,(H,19,21)(H,22,23)/t14-,15-/m0/s1. The number of rotatable bonds is 6. The molecule has 0 radical (unpaired) electrons. The predicted octanol–water partition coefficient (Wildman–Crippen LogP) is 2.19. The fraction of sp³-hybridized carbons (Fsp3) is 0.444. The van der Waals surface area contributed by atoms with Crippen molar-refractivity contribution in [2.75, 3.05) is 13.7 Å². The molecule has 1 amide bonds. The molecule has 1 fully saturated rings. The van der Waals surface area contributed by atoms with Gasteiger partial charge in [-0.3, -0.25) is 9.59 Å². The molecule has 2 atom stereocenters. The average Bonchev–Trinajstić information content (AvgIpc) is 2.92. The van der Waals surface area contributed by atoms with Crippen molar-refractivity contribution in [3.63, 3.8) is 0 Å². The van der Waals surface area contributed by atoms with Gasteiger partial charge in [-0.1, -0.05) is 13.8 Å².